The number of fused-ring (bicyclic) bond motifs is 1. The van der Waals surface area contributed by atoms with Gasteiger partial charge in [0.1, 0.15) is 11.6 Å². The van der Waals surface area contributed by atoms with E-state index in [0.29, 0.717) is 35.3 Å². The second-order valence-corrected chi connectivity index (χ2v) is 12.9. The monoisotopic (exact) mass is 555 g/mol. The average molecular weight is 556 g/mol. The molecule has 2 aromatic heterocycles. The number of sulfonamides is 1. The molecule has 0 aliphatic rings. The molecule has 0 spiro atoms. The first-order valence-electron chi connectivity index (χ1n) is 12.4. The number of anilines is 1. The van der Waals surface area contributed by atoms with Crippen LogP contribution in [-0.4, -0.2) is 53.6 Å². The van der Waals surface area contributed by atoms with Gasteiger partial charge in [-0.2, -0.15) is 14.1 Å². The summed E-state index contributed by atoms with van der Waals surface area (Å²) in [5, 5.41) is 8.01. The van der Waals surface area contributed by atoms with Crippen LogP contribution in [0, 0.1) is 18.8 Å². The maximum Gasteiger partial charge on any atom is 0.256 e. The smallest absolute Gasteiger partial charge is 0.256 e. The summed E-state index contributed by atoms with van der Waals surface area (Å²) in [6, 6.07) is 13.4. The van der Waals surface area contributed by atoms with E-state index < -0.39 is 10.0 Å². The number of hydrogen-bond acceptors (Lipinski definition) is 7. The average Bonchev–Trinajstić information content (AvgIpc) is 3.45. The second kappa shape index (κ2) is 11.2. The first-order chi connectivity index (χ1) is 18.0. The third kappa shape index (κ3) is 6.06. The predicted octanol–water partition coefficient (Wildman–Crippen LogP) is 5.35. The van der Waals surface area contributed by atoms with Crippen molar-refractivity contribution < 1.29 is 17.9 Å². The Hall–Kier alpha value is -3.28. The number of carbonyl (C=O) groups excluding carboxylic acids is 1. The lowest BCUT2D eigenvalue weighted by Crippen LogP contribution is -2.37. The molecular weight excluding hydrogens is 522 g/mol. The summed E-state index contributed by atoms with van der Waals surface area (Å²) in [6.07, 6.45) is 0. The highest BCUT2D eigenvalue weighted by molar-refractivity contribution is 7.89. The van der Waals surface area contributed by atoms with Gasteiger partial charge in [0.05, 0.1) is 27.9 Å². The minimum absolute atomic E-state index is 0.168. The summed E-state index contributed by atoms with van der Waals surface area (Å²) in [5.41, 5.74) is 1.86. The predicted molar refractivity (Wildman–Crippen MR) is 151 cm³/mol. The number of ether oxygens (including phenoxy) is 1. The highest BCUT2D eigenvalue weighted by Crippen LogP contribution is 2.30. The van der Waals surface area contributed by atoms with E-state index in [1.807, 2.05) is 52.8 Å². The number of thiazole rings is 1. The number of carbonyl (C=O) groups is 1. The second-order valence-electron chi connectivity index (χ2n) is 10.0. The zero-order valence-corrected chi connectivity index (χ0v) is 24.1. The Morgan fingerprint density at radius 2 is 1.71 bits per heavy atom. The van der Waals surface area contributed by atoms with Gasteiger partial charge in [-0.15, -0.1) is 0 Å². The Kier molecular flexibility index (Phi) is 8.19. The van der Waals surface area contributed by atoms with E-state index in [1.165, 1.54) is 39.9 Å². The van der Waals surface area contributed by atoms with E-state index in [2.05, 4.69) is 15.4 Å². The molecule has 0 radical (unpaired) electrons. The number of methoxy groups -OCH3 is 1. The van der Waals surface area contributed by atoms with Crippen molar-refractivity contribution in [3.8, 4) is 10.9 Å². The molecule has 11 heteroatoms. The molecule has 4 aromatic rings. The lowest BCUT2D eigenvalue weighted by atomic mass is 10.2. The van der Waals surface area contributed by atoms with Crippen LogP contribution >= 0.6 is 11.3 Å². The van der Waals surface area contributed by atoms with Crippen LogP contribution in [0.4, 0.5) is 5.82 Å². The van der Waals surface area contributed by atoms with E-state index >= 15 is 0 Å². The Labute approximate surface area is 227 Å². The Morgan fingerprint density at radius 3 is 2.32 bits per heavy atom. The number of aromatic nitrogens is 3. The van der Waals surface area contributed by atoms with Gasteiger partial charge in [-0.25, -0.2) is 13.4 Å². The van der Waals surface area contributed by atoms with Gasteiger partial charge >= 0.3 is 0 Å². The van der Waals surface area contributed by atoms with Crippen LogP contribution in [0.2, 0.25) is 0 Å². The van der Waals surface area contributed by atoms with Crippen molar-refractivity contribution in [2.24, 2.45) is 11.8 Å². The highest BCUT2D eigenvalue weighted by atomic mass is 32.2. The molecule has 202 valence electrons. The van der Waals surface area contributed by atoms with Gasteiger partial charge in [0, 0.05) is 24.7 Å². The fourth-order valence-electron chi connectivity index (χ4n) is 4.05. The molecule has 2 aromatic carbocycles. The minimum Gasteiger partial charge on any atom is -0.497 e. The highest BCUT2D eigenvalue weighted by Gasteiger charge is 2.26. The van der Waals surface area contributed by atoms with Crippen molar-refractivity contribution in [3.63, 3.8) is 0 Å². The van der Waals surface area contributed by atoms with E-state index in [1.54, 1.807) is 17.9 Å². The molecule has 1 amide bonds. The first-order valence-corrected chi connectivity index (χ1v) is 14.7. The lowest BCUT2D eigenvalue weighted by Gasteiger charge is -2.25. The molecule has 38 heavy (non-hydrogen) atoms. The van der Waals surface area contributed by atoms with Gasteiger partial charge in [0.25, 0.3) is 5.91 Å². The molecule has 0 saturated heterocycles. The van der Waals surface area contributed by atoms with Gasteiger partial charge < -0.3 is 10.1 Å². The van der Waals surface area contributed by atoms with Crippen LogP contribution in [-0.2, 0) is 10.0 Å². The zero-order chi connectivity index (χ0) is 27.6. The number of nitrogens with one attached hydrogen (secondary N) is 1. The number of rotatable bonds is 10. The summed E-state index contributed by atoms with van der Waals surface area (Å²) >= 11 is 1.43. The third-order valence-corrected chi connectivity index (χ3v) is 8.57. The van der Waals surface area contributed by atoms with Gasteiger partial charge in [-0.1, -0.05) is 39.0 Å². The SMILES string of the molecule is COc1ccc2nc(-n3nc(C)cc3NC(=O)c3ccc(S(=O)(=O)N(CC(C)C)CC(C)C)cc3)sc2c1. The molecule has 0 unspecified atom stereocenters. The van der Waals surface area contributed by atoms with Crippen LogP contribution in [0.3, 0.4) is 0 Å². The Bertz CT molecular complexity index is 1530. The summed E-state index contributed by atoms with van der Waals surface area (Å²) in [6.45, 7) is 10.7. The topological polar surface area (TPSA) is 106 Å². The number of benzene rings is 2. The summed E-state index contributed by atoms with van der Waals surface area (Å²) in [5.74, 6) is 1.22. The number of aryl methyl sites for hydroxylation is 1. The summed E-state index contributed by atoms with van der Waals surface area (Å²) in [7, 11) is -2.06. The largest absolute Gasteiger partial charge is 0.497 e. The lowest BCUT2D eigenvalue weighted by molar-refractivity contribution is 0.102. The van der Waals surface area contributed by atoms with Gasteiger partial charge in [0.15, 0.2) is 0 Å². The van der Waals surface area contributed by atoms with E-state index in [4.69, 9.17) is 4.74 Å². The molecule has 0 saturated carbocycles. The van der Waals surface area contributed by atoms with Crippen molar-refractivity contribution >= 4 is 43.3 Å². The van der Waals surface area contributed by atoms with Crippen LogP contribution in [0.1, 0.15) is 43.7 Å². The molecule has 4 rings (SSSR count). The molecule has 0 atom stereocenters. The fraction of sp³-hybridized carbons (Fsp3) is 0.370. The molecule has 0 fully saturated rings. The van der Waals surface area contributed by atoms with Crippen molar-refractivity contribution in [1.82, 2.24) is 19.1 Å². The van der Waals surface area contributed by atoms with Crippen LogP contribution in [0.5, 0.6) is 5.75 Å². The normalized spacial score (nSPS) is 12.1. The summed E-state index contributed by atoms with van der Waals surface area (Å²) in [4.78, 5) is 17.9. The van der Waals surface area contributed by atoms with E-state index in [0.717, 1.165) is 16.0 Å². The fourth-order valence-corrected chi connectivity index (χ4v) is 6.77. The molecule has 2 heterocycles. The Balaban J connectivity index is 1.56. The van der Waals surface area contributed by atoms with Crippen LogP contribution < -0.4 is 10.1 Å². The van der Waals surface area contributed by atoms with E-state index in [9.17, 15) is 13.2 Å². The van der Waals surface area contributed by atoms with Gasteiger partial charge in [0.2, 0.25) is 15.2 Å². The van der Waals surface area contributed by atoms with Gasteiger partial charge in [-0.3, -0.25) is 4.79 Å². The summed E-state index contributed by atoms with van der Waals surface area (Å²) < 4.78 is 35.9. The maximum atomic E-state index is 13.3. The van der Waals surface area contributed by atoms with Crippen LogP contribution in [0.15, 0.2) is 53.4 Å². The standard InChI is InChI=1S/C27H33N5O4S2/c1-17(2)15-31(16-18(3)4)38(34,35)22-10-7-20(8-11-22)26(33)29-25-13-19(5)30-32(25)27-28-23-12-9-21(36-6)14-24(23)37-27/h7-14,17-18H,15-16H2,1-6H3,(H,29,33). The van der Waals surface area contributed by atoms with Gasteiger partial charge in [-0.05, 0) is 61.2 Å². The van der Waals surface area contributed by atoms with E-state index in [-0.39, 0.29) is 22.6 Å². The first kappa shape index (κ1) is 27.7. The van der Waals surface area contributed by atoms with Crippen molar-refractivity contribution in [1.29, 1.82) is 0 Å². The molecule has 1 N–H and O–H groups in total. The molecule has 0 aliphatic heterocycles. The number of amides is 1. The third-order valence-electron chi connectivity index (χ3n) is 5.73. The molecule has 0 aliphatic carbocycles. The number of nitrogens with zero attached hydrogens (tertiary/aromatic N) is 4. The number of hydrogen-bond donors (Lipinski definition) is 1. The maximum absolute atomic E-state index is 13.3. The minimum atomic E-state index is -3.68. The molecular formula is C27H33N5O4S2. The van der Waals surface area contributed by atoms with Crippen molar-refractivity contribution in [3.05, 3.63) is 59.8 Å². The van der Waals surface area contributed by atoms with Crippen molar-refractivity contribution in [2.45, 2.75) is 39.5 Å². The molecule has 0 bridgehead atoms. The zero-order valence-electron chi connectivity index (χ0n) is 22.4. The molecule has 9 nitrogen and oxygen atoms in total. The Morgan fingerprint density at radius 1 is 1.05 bits per heavy atom. The van der Waals surface area contributed by atoms with Crippen LogP contribution in [0.25, 0.3) is 15.3 Å². The van der Waals surface area contributed by atoms with Crippen molar-refractivity contribution in [2.75, 3.05) is 25.5 Å². The quantitative estimate of drug-likeness (QED) is 0.283.